The number of aromatic hydroxyl groups is 1. The van der Waals surface area contributed by atoms with Gasteiger partial charge in [0.15, 0.2) is 5.82 Å². The van der Waals surface area contributed by atoms with Crippen molar-refractivity contribution in [3.8, 4) is 5.75 Å². The van der Waals surface area contributed by atoms with Gasteiger partial charge in [-0.2, -0.15) is 4.98 Å². The van der Waals surface area contributed by atoms with Gasteiger partial charge in [0.25, 0.3) is 5.91 Å². The van der Waals surface area contributed by atoms with E-state index < -0.39 is 11.2 Å². The van der Waals surface area contributed by atoms with Gasteiger partial charge in [-0.1, -0.05) is 11.6 Å². The van der Waals surface area contributed by atoms with Gasteiger partial charge in [-0.3, -0.25) is 4.79 Å². The summed E-state index contributed by atoms with van der Waals surface area (Å²) in [6.45, 7) is 3.26. The highest BCUT2D eigenvalue weighted by Gasteiger charge is 2.41. The van der Waals surface area contributed by atoms with Gasteiger partial charge < -0.3 is 30.3 Å². The minimum atomic E-state index is -1.13. The first-order valence-corrected chi connectivity index (χ1v) is 13.2. The molecule has 4 N–H and O–H groups in total. The Kier molecular flexibility index (Phi) is 6.30. The molecule has 1 amide bonds. The number of anilines is 2. The Balaban J connectivity index is 1.28. The second kappa shape index (κ2) is 9.24. The number of carbonyl (C=O) groups excluding carboxylic acids is 1. The molecule has 3 heterocycles. The number of nitrogens with one attached hydrogen (secondary N) is 2. The highest BCUT2D eigenvalue weighted by Crippen LogP contribution is 2.39. The molecule has 0 radical (unpaired) electrons. The number of amides is 1. The molecule has 10 heteroatoms. The van der Waals surface area contributed by atoms with Crippen molar-refractivity contribution in [3.63, 3.8) is 0 Å². The van der Waals surface area contributed by atoms with Crippen LogP contribution in [0, 0.1) is 6.92 Å². The van der Waals surface area contributed by atoms with Gasteiger partial charge in [0, 0.05) is 25.6 Å². The topological polar surface area (TPSA) is 134 Å². The van der Waals surface area contributed by atoms with Crippen molar-refractivity contribution in [3.05, 3.63) is 35.0 Å². The number of phenolic OH excluding ortho intramolecular Hbond substituents is 1. The van der Waals surface area contributed by atoms with Gasteiger partial charge in [-0.05, 0) is 62.3 Å². The van der Waals surface area contributed by atoms with E-state index in [-0.39, 0.29) is 29.8 Å². The Labute approximate surface area is 202 Å². The maximum absolute atomic E-state index is 12.7. The van der Waals surface area contributed by atoms with E-state index in [9.17, 15) is 19.6 Å². The normalized spacial score (nSPS) is 21.6. The van der Waals surface area contributed by atoms with Crippen LogP contribution in [0.5, 0.6) is 5.75 Å². The van der Waals surface area contributed by atoms with Gasteiger partial charge in [-0.25, -0.2) is 4.98 Å². The Morgan fingerprint density at radius 2 is 2.06 bits per heavy atom. The van der Waals surface area contributed by atoms with Crippen LogP contribution >= 0.6 is 0 Å². The quantitative estimate of drug-likeness (QED) is 0.456. The van der Waals surface area contributed by atoms with Gasteiger partial charge in [0.1, 0.15) is 17.2 Å². The molecule has 1 aromatic carbocycles. The lowest BCUT2D eigenvalue weighted by atomic mass is 9.77. The number of piperidine rings is 1. The van der Waals surface area contributed by atoms with Gasteiger partial charge in [0.2, 0.25) is 10.8 Å². The fraction of sp³-hybridized carbons (Fsp3) is 0.542. The van der Waals surface area contributed by atoms with Crippen LogP contribution in [0.25, 0.3) is 0 Å². The number of benzene rings is 1. The zero-order valence-corrected chi connectivity index (χ0v) is 20.2. The number of phenols is 1. The fourth-order valence-corrected chi connectivity index (χ4v) is 6.21. The smallest absolute Gasteiger partial charge is 0.255 e. The second-order valence-electron chi connectivity index (χ2n) is 9.62. The van der Waals surface area contributed by atoms with E-state index in [2.05, 4.69) is 15.5 Å². The number of aliphatic hydroxyl groups excluding tert-OH is 1. The van der Waals surface area contributed by atoms with Crippen molar-refractivity contribution < 1.29 is 19.6 Å². The van der Waals surface area contributed by atoms with Crippen LogP contribution in [0.4, 0.5) is 11.8 Å². The standard InChI is InChI=1S/C24H31N5O4S/c1-15-3-4-19(31)17(13-15)22(32)25-16-5-10-29(11-6-16)23-26-18-7-12-34(33)20(18)21(27-23)28-24(14-30)8-2-9-24/h3-4,13,16,30-31H,2,5-12,14H2,1H3,(H,25,32)(H,26,27,28). The number of hydrogen-bond donors (Lipinski definition) is 4. The largest absolute Gasteiger partial charge is 0.611 e. The Morgan fingerprint density at radius 3 is 2.74 bits per heavy atom. The van der Waals surface area contributed by atoms with Crippen molar-refractivity contribution >= 4 is 28.8 Å². The number of carbonyl (C=O) groups is 1. The summed E-state index contributed by atoms with van der Waals surface area (Å²) in [5, 5.41) is 26.4. The molecule has 1 atom stereocenters. The predicted molar refractivity (Wildman–Crippen MR) is 130 cm³/mol. The van der Waals surface area contributed by atoms with Gasteiger partial charge in [-0.15, -0.1) is 0 Å². The molecule has 1 aliphatic carbocycles. The van der Waals surface area contributed by atoms with E-state index in [0.717, 1.165) is 43.4 Å². The summed E-state index contributed by atoms with van der Waals surface area (Å²) < 4.78 is 12.6. The molecule has 1 saturated carbocycles. The lowest BCUT2D eigenvalue weighted by Crippen LogP contribution is -2.49. The SMILES string of the molecule is Cc1ccc(O)c(C(=O)NC2CCN(c3nc4c(c(NC5(CO)CCC5)n3)[S+]([O-])CC4)CC2)c1. The number of hydrogen-bond acceptors (Lipinski definition) is 8. The highest BCUT2D eigenvalue weighted by molar-refractivity contribution is 7.91. The molecule has 2 aliphatic heterocycles. The minimum Gasteiger partial charge on any atom is -0.611 e. The summed E-state index contributed by atoms with van der Waals surface area (Å²) in [4.78, 5) is 25.0. The van der Waals surface area contributed by atoms with Crippen molar-refractivity contribution in [1.29, 1.82) is 0 Å². The van der Waals surface area contributed by atoms with Crippen LogP contribution in [0.2, 0.25) is 0 Å². The summed E-state index contributed by atoms with van der Waals surface area (Å²) in [6.07, 6.45) is 4.90. The summed E-state index contributed by atoms with van der Waals surface area (Å²) >= 11 is -1.13. The van der Waals surface area contributed by atoms with Crippen molar-refractivity contribution in [2.75, 3.05) is 35.7 Å². The molecule has 1 unspecified atom stereocenters. The monoisotopic (exact) mass is 485 g/mol. The Morgan fingerprint density at radius 1 is 1.29 bits per heavy atom. The fourth-order valence-electron chi connectivity index (χ4n) is 4.91. The summed E-state index contributed by atoms with van der Waals surface area (Å²) in [5.41, 5.74) is 1.65. The number of fused-ring (bicyclic) bond motifs is 1. The van der Waals surface area contributed by atoms with Crippen molar-refractivity contribution in [2.45, 2.75) is 61.9 Å². The van der Waals surface area contributed by atoms with Crippen LogP contribution < -0.4 is 15.5 Å². The average molecular weight is 486 g/mol. The first kappa shape index (κ1) is 23.2. The summed E-state index contributed by atoms with van der Waals surface area (Å²) in [6, 6.07) is 5.00. The Hall–Kier alpha value is -2.56. The molecule has 9 nitrogen and oxygen atoms in total. The number of rotatable bonds is 6. The zero-order valence-electron chi connectivity index (χ0n) is 19.3. The third-order valence-electron chi connectivity index (χ3n) is 7.18. The maximum Gasteiger partial charge on any atom is 0.255 e. The maximum atomic E-state index is 12.7. The number of aliphatic hydroxyl groups is 1. The lowest BCUT2D eigenvalue weighted by Gasteiger charge is -2.41. The molecule has 2 fully saturated rings. The Bertz CT molecular complexity index is 1080. The van der Waals surface area contributed by atoms with Crippen LogP contribution in [0.1, 0.15) is 53.7 Å². The molecular weight excluding hydrogens is 454 g/mol. The van der Waals surface area contributed by atoms with E-state index in [1.807, 2.05) is 6.92 Å². The van der Waals surface area contributed by atoms with E-state index in [1.165, 1.54) is 0 Å². The molecule has 1 aromatic heterocycles. The van der Waals surface area contributed by atoms with Gasteiger partial charge in [0.05, 0.1) is 17.7 Å². The molecule has 5 rings (SSSR count). The molecule has 34 heavy (non-hydrogen) atoms. The molecule has 3 aliphatic rings. The van der Waals surface area contributed by atoms with Crippen LogP contribution in [-0.4, -0.2) is 67.7 Å². The molecule has 0 bridgehead atoms. The average Bonchev–Trinajstić information content (AvgIpc) is 3.19. The molecular formula is C24H31N5O4S. The number of aromatic nitrogens is 2. The van der Waals surface area contributed by atoms with E-state index >= 15 is 0 Å². The number of aryl methyl sites for hydroxylation is 2. The predicted octanol–water partition coefficient (Wildman–Crippen LogP) is 1.88. The molecule has 1 saturated heterocycles. The summed E-state index contributed by atoms with van der Waals surface area (Å²) in [7, 11) is 0. The first-order valence-electron chi connectivity index (χ1n) is 11.9. The third-order valence-corrected chi connectivity index (χ3v) is 8.64. The summed E-state index contributed by atoms with van der Waals surface area (Å²) in [5.74, 6) is 1.46. The molecule has 182 valence electrons. The van der Waals surface area contributed by atoms with E-state index in [0.29, 0.717) is 47.5 Å². The third kappa shape index (κ3) is 4.42. The first-order chi connectivity index (χ1) is 16.4. The highest BCUT2D eigenvalue weighted by atomic mass is 32.2. The zero-order chi connectivity index (χ0) is 23.9. The lowest BCUT2D eigenvalue weighted by molar-refractivity contribution is 0.0928. The number of nitrogens with zero attached hydrogens (tertiary/aromatic N) is 3. The minimum absolute atomic E-state index is 0.00387. The van der Waals surface area contributed by atoms with Crippen LogP contribution in [-0.2, 0) is 17.6 Å². The molecule has 0 spiro atoms. The van der Waals surface area contributed by atoms with Gasteiger partial charge >= 0.3 is 0 Å². The van der Waals surface area contributed by atoms with Crippen molar-refractivity contribution in [2.24, 2.45) is 0 Å². The van der Waals surface area contributed by atoms with Crippen LogP contribution in [0.3, 0.4) is 0 Å². The van der Waals surface area contributed by atoms with E-state index in [4.69, 9.17) is 9.97 Å². The second-order valence-corrected chi connectivity index (χ2v) is 11.1. The van der Waals surface area contributed by atoms with E-state index in [1.54, 1.807) is 18.2 Å². The molecule has 2 aromatic rings. The van der Waals surface area contributed by atoms with Crippen molar-refractivity contribution in [1.82, 2.24) is 15.3 Å². The van der Waals surface area contributed by atoms with Crippen LogP contribution in [0.15, 0.2) is 23.1 Å².